The van der Waals surface area contributed by atoms with Gasteiger partial charge in [0.25, 0.3) is 0 Å². The van der Waals surface area contributed by atoms with E-state index < -0.39 is 0 Å². The van der Waals surface area contributed by atoms with Crippen LogP contribution in [0, 0.1) is 0 Å². The lowest BCUT2D eigenvalue weighted by atomic mass is 9.91. The highest BCUT2D eigenvalue weighted by molar-refractivity contribution is 5.94. The lowest BCUT2D eigenvalue weighted by molar-refractivity contribution is 0.307. The highest BCUT2D eigenvalue weighted by Gasteiger charge is 2.23. The molecule has 2 heteroatoms. The summed E-state index contributed by atoms with van der Waals surface area (Å²) in [6.07, 6.45) is 3.42. The van der Waals surface area contributed by atoms with Gasteiger partial charge in [-0.25, -0.2) is 0 Å². The molecule has 0 amide bonds. The molecule has 0 unspecified atom stereocenters. The van der Waals surface area contributed by atoms with Crippen LogP contribution in [0.1, 0.15) is 42.0 Å². The van der Waals surface area contributed by atoms with Gasteiger partial charge < -0.3 is 4.90 Å². The number of hydrogen-bond donors (Lipinski definition) is 0. The molecule has 0 spiro atoms. The summed E-state index contributed by atoms with van der Waals surface area (Å²) in [5.41, 5.74) is 9.15. The van der Waals surface area contributed by atoms with Crippen molar-refractivity contribution in [1.82, 2.24) is 4.90 Å². The molecule has 1 aliphatic heterocycles. The minimum atomic E-state index is 0. The Morgan fingerprint density at radius 3 is 1.74 bits per heavy atom. The van der Waals surface area contributed by atoms with E-state index in [0.717, 1.165) is 13.0 Å². The van der Waals surface area contributed by atoms with E-state index in [4.69, 9.17) is 0 Å². The molecule has 0 aromatic heterocycles. The molecule has 0 fully saturated rings. The number of nitrogens with zero attached hydrogens (tertiary/aromatic N) is 1. The van der Waals surface area contributed by atoms with Crippen molar-refractivity contribution in [3.63, 3.8) is 0 Å². The van der Waals surface area contributed by atoms with Crippen LogP contribution < -0.4 is 0 Å². The molecule has 1 nitrogen and oxygen atoms in total. The molecule has 23 heavy (non-hydrogen) atoms. The van der Waals surface area contributed by atoms with Crippen molar-refractivity contribution in [3.8, 4) is 0 Å². The first-order valence-corrected chi connectivity index (χ1v) is 8.47. The molecule has 1 heterocycles. The molecule has 0 saturated heterocycles. The molecule has 2 aromatic rings. The molecule has 0 N–H and O–H groups in total. The number of fused-ring (bicyclic) bond motifs is 4. The van der Waals surface area contributed by atoms with Gasteiger partial charge in [-0.2, -0.15) is 0 Å². The summed E-state index contributed by atoms with van der Waals surface area (Å²) in [5.74, 6) is 0. The molecule has 0 saturated carbocycles. The number of benzene rings is 2. The van der Waals surface area contributed by atoms with Crippen LogP contribution in [0.3, 0.4) is 0 Å². The SMILES string of the molecule is CCN1CCC2=C(CC1)c1ccccc1Cc1ccccc12.Cl. The van der Waals surface area contributed by atoms with Crippen LogP contribution in [0.4, 0.5) is 0 Å². The molecule has 0 radical (unpaired) electrons. The lowest BCUT2D eigenvalue weighted by Gasteiger charge is -2.18. The third kappa shape index (κ3) is 2.96. The van der Waals surface area contributed by atoms with E-state index in [1.165, 1.54) is 48.2 Å². The van der Waals surface area contributed by atoms with Gasteiger partial charge in [0.15, 0.2) is 0 Å². The van der Waals surface area contributed by atoms with Crippen LogP contribution in [0.15, 0.2) is 48.5 Å². The van der Waals surface area contributed by atoms with Crippen molar-refractivity contribution in [1.29, 1.82) is 0 Å². The number of halogens is 1. The molecular formula is C21H24ClN. The third-order valence-electron chi connectivity index (χ3n) is 5.23. The summed E-state index contributed by atoms with van der Waals surface area (Å²) in [6.45, 7) is 5.81. The Bertz CT molecular complexity index is 673. The zero-order valence-corrected chi connectivity index (χ0v) is 14.5. The predicted molar refractivity (Wildman–Crippen MR) is 101 cm³/mol. The first kappa shape index (κ1) is 16.3. The zero-order valence-electron chi connectivity index (χ0n) is 13.7. The van der Waals surface area contributed by atoms with Gasteiger partial charge in [-0.15, -0.1) is 12.4 Å². The number of rotatable bonds is 1. The van der Waals surface area contributed by atoms with E-state index in [9.17, 15) is 0 Å². The Balaban J connectivity index is 0.00000156. The molecule has 4 rings (SSSR count). The van der Waals surface area contributed by atoms with Gasteiger partial charge >= 0.3 is 0 Å². The molecule has 1 aliphatic carbocycles. The molecule has 0 atom stereocenters. The van der Waals surface area contributed by atoms with Gasteiger partial charge in [-0.1, -0.05) is 55.5 Å². The standard InChI is InChI=1S/C21H23N.ClH/c1-2-22-13-11-20-18-9-5-3-7-16(18)15-17-8-4-6-10-19(17)21(20)12-14-22;/h3-10H,2,11-15H2,1H3;1H. The molecule has 0 bridgehead atoms. The van der Waals surface area contributed by atoms with Crippen molar-refractivity contribution in [2.75, 3.05) is 19.6 Å². The van der Waals surface area contributed by atoms with Gasteiger partial charge in [0.1, 0.15) is 0 Å². The predicted octanol–water partition coefficient (Wildman–Crippen LogP) is 5.04. The summed E-state index contributed by atoms with van der Waals surface area (Å²) in [4.78, 5) is 2.58. The van der Waals surface area contributed by atoms with E-state index in [0.29, 0.717) is 0 Å². The van der Waals surface area contributed by atoms with Crippen LogP contribution in [0.2, 0.25) is 0 Å². The van der Waals surface area contributed by atoms with Crippen molar-refractivity contribution in [2.24, 2.45) is 0 Å². The van der Waals surface area contributed by atoms with E-state index >= 15 is 0 Å². The fourth-order valence-corrected chi connectivity index (χ4v) is 4.01. The number of hydrogen-bond acceptors (Lipinski definition) is 1. The molecule has 120 valence electrons. The van der Waals surface area contributed by atoms with Crippen LogP contribution >= 0.6 is 12.4 Å². The van der Waals surface area contributed by atoms with Crippen LogP contribution in [0.25, 0.3) is 11.1 Å². The third-order valence-corrected chi connectivity index (χ3v) is 5.23. The second kappa shape index (κ2) is 6.90. The normalized spacial score (nSPS) is 17.3. The Labute approximate surface area is 145 Å². The maximum Gasteiger partial charge on any atom is 0.00222 e. The second-order valence-electron chi connectivity index (χ2n) is 6.38. The minimum Gasteiger partial charge on any atom is -0.303 e. The van der Waals surface area contributed by atoms with Gasteiger partial charge in [0.05, 0.1) is 0 Å². The van der Waals surface area contributed by atoms with E-state index in [1.807, 2.05) is 0 Å². The molecule has 2 aromatic carbocycles. The Morgan fingerprint density at radius 1 is 0.783 bits per heavy atom. The first-order valence-electron chi connectivity index (χ1n) is 8.47. The smallest absolute Gasteiger partial charge is 0.00222 e. The highest BCUT2D eigenvalue weighted by atomic mass is 35.5. The van der Waals surface area contributed by atoms with Gasteiger partial charge in [-0.3, -0.25) is 0 Å². The van der Waals surface area contributed by atoms with Crippen LogP contribution in [-0.4, -0.2) is 24.5 Å². The van der Waals surface area contributed by atoms with Gasteiger partial charge in [0.2, 0.25) is 0 Å². The summed E-state index contributed by atoms with van der Waals surface area (Å²) < 4.78 is 0. The zero-order chi connectivity index (χ0) is 14.9. The topological polar surface area (TPSA) is 3.24 Å². The van der Waals surface area contributed by atoms with Crippen LogP contribution in [-0.2, 0) is 6.42 Å². The van der Waals surface area contributed by atoms with E-state index in [2.05, 4.69) is 60.4 Å². The maximum absolute atomic E-state index is 2.58. The van der Waals surface area contributed by atoms with Crippen molar-refractivity contribution < 1.29 is 0 Å². The average Bonchev–Trinajstić information content (AvgIpc) is 2.84. The first-order chi connectivity index (χ1) is 10.9. The van der Waals surface area contributed by atoms with Crippen molar-refractivity contribution in [2.45, 2.75) is 26.2 Å². The maximum atomic E-state index is 2.58. The average molecular weight is 326 g/mol. The highest BCUT2D eigenvalue weighted by Crippen LogP contribution is 2.40. The Morgan fingerprint density at radius 2 is 1.26 bits per heavy atom. The fourth-order valence-electron chi connectivity index (χ4n) is 4.01. The minimum absolute atomic E-state index is 0. The Hall–Kier alpha value is -1.57. The monoisotopic (exact) mass is 325 g/mol. The summed E-state index contributed by atoms with van der Waals surface area (Å²) in [6, 6.07) is 18.0. The second-order valence-corrected chi connectivity index (χ2v) is 6.38. The largest absolute Gasteiger partial charge is 0.303 e. The van der Waals surface area contributed by atoms with E-state index in [1.54, 1.807) is 11.1 Å². The van der Waals surface area contributed by atoms with Gasteiger partial charge in [0, 0.05) is 13.1 Å². The summed E-state index contributed by atoms with van der Waals surface area (Å²) >= 11 is 0. The summed E-state index contributed by atoms with van der Waals surface area (Å²) in [5, 5.41) is 0. The van der Waals surface area contributed by atoms with Crippen molar-refractivity contribution in [3.05, 3.63) is 70.8 Å². The quantitative estimate of drug-likeness (QED) is 0.710. The van der Waals surface area contributed by atoms with Crippen LogP contribution in [0.5, 0.6) is 0 Å². The summed E-state index contributed by atoms with van der Waals surface area (Å²) in [7, 11) is 0. The molecule has 2 aliphatic rings. The van der Waals surface area contributed by atoms with Gasteiger partial charge in [-0.05, 0) is 59.2 Å². The Kier molecular flexibility index (Phi) is 4.89. The van der Waals surface area contributed by atoms with Crippen molar-refractivity contribution >= 4 is 23.6 Å². The van der Waals surface area contributed by atoms with E-state index in [-0.39, 0.29) is 12.4 Å². The molecular weight excluding hydrogens is 302 g/mol. The lowest BCUT2D eigenvalue weighted by Crippen LogP contribution is -2.24. The fraction of sp³-hybridized carbons (Fsp3) is 0.333.